The van der Waals surface area contributed by atoms with Crippen molar-refractivity contribution in [1.82, 2.24) is 10.6 Å². The van der Waals surface area contributed by atoms with Crippen LogP contribution in [0.5, 0.6) is 0 Å². The number of carbonyl (C=O) groups excluding carboxylic acids is 4. The van der Waals surface area contributed by atoms with Crippen molar-refractivity contribution in [3.05, 3.63) is 69.8 Å². The normalized spacial score (nSPS) is 14.5. The van der Waals surface area contributed by atoms with Gasteiger partial charge in [0.25, 0.3) is 23.6 Å². The monoisotopic (exact) mass is 404 g/mol. The molecule has 0 aromatic heterocycles. The fraction of sp³-hybridized carbons (Fsp3) is 0.333. The first-order valence-corrected chi connectivity index (χ1v) is 10.5. The van der Waals surface area contributed by atoms with Gasteiger partial charge in [-0.15, -0.1) is 0 Å². The molecule has 0 bridgehead atoms. The Labute approximate surface area is 175 Å². The number of benzene rings is 2. The van der Waals surface area contributed by atoms with Crippen molar-refractivity contribution in [3.8, 4) is 0 Å². The number of imide groups is 2. The second kappa shape index (κ2) is 8.61. The molecule has 2 aliphatic rings. The molecule has 0 radical (unpaired) electrons. The minimum Gasteiger partial charge on any atom is -0.288 e. The van der Waals surface area contributed by atoms with Crippen LogP contribution in [-0.2, 0) is 12.8 Å². The van der Waals surface area contributed by atoms with E-state index < -0.39 is 0 Å². The first-order chi connectivity index (χ1) is 14.6. The number of nitrogens with one attached hydrogen (secondary N) is 2. The van der Waals surface area contributed by atoms with E-state index in [1.807, 2.05) is 24.3 Å². The van der Waals surface area contributed by atoms with Gasteiger partial charge in [0.05, 0.1) is 22.3 Å². The molecule has 30 heavy (non-hydrogen) atoms. The van der Waals surface area contributed by atoms with E-state index >= 15 is 0 Å². The third kappa shape index (κ3) is 3.90. The van der Waals surface area contributed by atoms with Crippen LogP contribution in [0.15, 0.2) is 36.4 Å². The molecule has 4 amide bonds. The maximum atomic E-state index is 12.0. The molecule has 0 atom stereocenters. The molecule has 0 fully saturated rings. The van der Waals surface area contributed by atoms with Crippen LogP contribution in [0.3, 0.4) is 0 Å². The number of amides is 4. The summed E-state index contributed by atoms with van der Waals surface area (Å²) in [4.78, 5) is 47.4. The van der Waals surface area contributed by atoms with Crippen LogP contribution in [0, 0.1) is 0 Å². The molecule has 2 aromatic rings. The Morgan fingerprint density at radius 2 is 0.900 bits per heavy atom. The van der Waals surface area contributed by atoms with Gasteiger partial charge >= 0.3 is 0 Å². The molecule has 2 aromatic carbocycles. The van der Waals surface area contributed by atoms with Crippen LogP contribution in [0.2, 0.25) is 0 Å². The molecular formula is C24H24N2O4. The van der Waals surface area contributed by atoms with Crippen molar-refractivity contribution in [3.63, 3.8) is 0 Å². The first-order valence-electron chi connectivity index (χ1n) is 10.5. The zero-order valence-electron chi connectivity index (χ0n) is 16.8. The van der Waals surface area contributed by atoms with Gasteiger partial charge in [0.1, 0.15) is 0 Å². The van der Waals surface area contributed by atoms with Crippen LogP contribution in [0.4, 0.5) is 0 Å². The summed E-state index contributed by atoms with van der Waals surface area (Å²) in [5.41, 5.74) is 3.95. The third-order valence-electron chi connectivity index (χ3n) is 5.84. The van der Waals surface area contributed by atoms with E-state index in [-0.39, 0.29) is 23.6 Å². The molecule has 154 valence electrons. The zero-order chi connectivity index (χ0) is 21.1. The van der Waals surface area contributed by atoms with Crippen LogP contribution in [0.25, 0.3) is 0 Å². The molecular weight excluding hydrogens is 380 g/mol. The highest BCUT2D eigenvalue weighted by atomic mass is 16.2. The standard InChI is InChI=1S/C24H24N2O4/c27-21-17-13-7-11-15(19(17)23(29)25-21)9-5-3-1-2-4-6-10-16-12-8-14-18-20(16)24(30)26-22(18)28/h7-8,11-14H,1-6,9-10H2,(H,25,27,29)(H,26,28,30). The molecule has 4 rings (SSSR count). The number of fused-ring (bicyclic) bond motifs is 2. The number of rotatable bonds is 9. The SMILES string of the molecule is O=C1NC(=O)c2c(CCCCCCCCc3cccc4c3C(=O)NC4=O)cccc21. The first kappa shape index (κ1) is 20.0. The molecule has 2 aliphatic heterocycles. The topological polar surface area (TPSA) is 92.3 Å². The van der Waals surface area contributed by atoms with Gasteiger partial charge in [0, 0.05) is 0 Å². The molecule has 2 N–H and O–H groups in total. The highest BCUT2D eigenvalue weighted by Crippen LogP contribution is 2.23. The lowest BCUT2D eigenvalue weighted by Crippen LogP contribution is -2.20. The van der Waals surface area contributed by atoms with E-state index in [4.69, 9.17) is 0 Å². The Morgan fingerprint density at radius 1 is 0.500 bits per heavy atom. The number of hydrogen-bond donors (Lipinski definition) is 2. The Kier molecular flexibility index (Phi) is 5.74. The molecule has 0 unspecified atom stereocenters. The second-order valence-corrected chi connectivity index (χ2v) is 7.87. The fourth-order valence-corrected chi connectivity index (χ4v) is 4.34. The van der Waals surface area contributed by atoms with Crippen molar-refractivity contribution < 1.29 is 19.2 Å². The average Bonchev–Trinajstić information content (AvgIpc) is 3.20. The van der Waals surface area contributed by atoms with Crippen molar-refractivity contribution >= 4 is 23.6 Å². The summed E-state index contributed by atoms with van der Waals surface area (Å²) in [5.74, 6) is -1.17. The summed E-state index contributed by atoms with van der Waals surface area (Å²) in [5, 5.41) is 4.72. The van der Waals surface area contributed by atoms with Gasteiger partial charge in [-0.2, -0.15) is 0 Å². The minimum atomic E-state index is -0.303. The third-order valence-corrected chi connectivity index (χ3v) is 5.84. The molecule has 6 nitrogen and oxygen atoms in total. The number of unbranched alkanes of at least 4 members (excludes halogenated alkanes) is 5. The smallest absolute Gasteiger partial charge is 0.259 e. The Balaban J connectivity index is 1.18. The Morgan fingerprint density at radius 3 is 1.33 bits per heavy atom. The quantitative estimate of drug-likeness (QED) is 0.494. The maximum absolute atomic E-state index is 12.0. The summed E-state index contributed by atoms with van der Waals surface area (Å²) >= 11 is 0. The molecule has 0 saturated heterocycles. The highest BCUT2D eigenvalue weighted by molar-refractivity contribution is 6.22. The minimum absolute atomic E-state index is 0.284. The van der Waals surface area contributed by atoms with Crippen LogP contribution in [-0.4, -0.2) is 23.6 Å². The van der Waals surface area contributed by atoms with Crippen LogP contribution >= 0.6 is 0 Å². The Bertz CT molecular complexity index is 958. The van der Waals surface area contributed by atoms with Gasteiger partial charge in [-0.1, -0.05) is 49.9 Å². The summed E-state index contributed by atoms with van der Waals surface area (Å²) in [6.07, 6.45) is 7.89. The average molecular weight is 404 g/mol. The molecule has 0 saturated carbocycles. The van der Waals surface area contributed by atoms with E-state index in [2.05, 4.69) is 10.6 Å². The van der Waals surface area contributed by atoms with E-state index in [0.717, 1.165) is 62.5 Å². The molecule has 0 spiro atoms. The van der Waals surface area contributed by atoms with Gasteiger partial charge in [0.15, 0.2) is 0 Å². The summed E-state index contributed by atoms with van der Waals surface area (Å²) in [6.45, 7) is 0. The van der Waals surface area contributed by atoms with Gasteiger partial charge in [-0.05, 0) is 48.9 Å². The second-order valence-electron chi connectivity index (χ2n) is 7.87. The fourth-order valence-electron chi connectivity index (χ4n) is 4.34. The van der Waals surface area contributed by atoms with Crippen molar-refractivity contribution in [2.75, 3.05) is 0 Å². The van der Waals surface area contributed by atoms with E-state index in [9.17, 15) is 19.2 Å². The van der Waals surface area contributed by atoms with Gasteiger partial charge in [0.2, 0.25) is 0 Å². The van der Waals surface area contributed by atoms with Crippen molar-refractivity contribution in [1.29, 1.82) is 0 Å². The summed E-state index contributed by atoms with van der Waals surface area (Å²) in [7, 11) is 0. The molecule has 2 heterocycles. The number of aryl methyl sites for hydroxylation is 2. The maximum Gasteiger partial charge on any atom is 0.259 e. The van der Waals surface area contributed by atoms with Crippen molar-refractivity contribution in [2.24, 2.45) is 0 Å². The van der Waals surface area contributed by atoms with Gasteiger partial charge < -0.3 is 0 Å². The largest absolute Gasteiger partial charge is 0.288 e. The zero-order valence-corrected chi connectivity index (χ0v) is 16.8. The molecule has 6 heteroatoms. The predicted octanol–water partition coefficient (Wildman–Crippen LogP) is 3.58. The van der Waals surface area contributed by atoms with Crippen LogP contribution in [0.1, 0.15) is 91.1 Å². The van der Waals surface area contributed by atoms with Crippen molar-refractivity contribution in [2.45, 2.75) is 51.4 Å². The summed E-state index contributed by atoms with van der Waals surface area (Å²) < 4.78 is 0. The number of carbonyl (C=O) groups is 4. The van der Waals surface area contributed by atoms with Gasteiger partial charge in [-0.25, -0.2) is 0 Å². The highest BCUT2D eigenvalue weighted by Gasteiger charge is 2.29. The summed E-state index contributed by atoms with van der Waals surface area (Å²) in [6, 6.07) is 10.9. The predicted molar refractivity (Wildman–Crippen MR) is 112 cm³/mol. The lowest BCUT2D eigenvalue weighted by molar-refractivity contribution is 0.0862. The number of hydrogen-bond acceptors (Lipinski definition) is 4. The van der Waals surface area contributed by atoms with E-state index in [1.165, 1.54) is 0 Å². The van der Waals surface area contributed by atoms with Crippen LogP contribution < -0.4 is 10.6 Å². The lowest BCUT2D eigenvalue weighted by Gasteiger charge is -2.07. The molecule has 0 aliphatic carbocycles. The van der Waals surface area contributed by atoms with Gasteiger partial charge in [-0.3, -0.25) is 29.8 Å². The Hall–Kier alpha value is -3.28. The lowest BCUT2D eigenvalue weighted by atomic mass is 9.96. The van der Waals surface area contributed by atoms with E-state index in [1.54, 1.807) is 12.1 Å². The van der Waals surface area contributed by atoms with E-state index in [0.29, 0.717) is 22.3 Å².